The van der Waals surface area contributed by atoms with Crippen molar-refractivity contribution in [2.45, 2.75) is 44.9 Å². The molecule has 0 aliphatic rings. The van der Waals surface area contributed by atoms with Gasteiger partial charge in [-0.1, -0.05) is 17.3 Å². The van der Waals surface area contributed by atoms with Crippen LogP contribution >= 0.6 is 11.3 Å². The average Bonchev–Trinajstić information content (AvgIpc) is 3.30. The third-order valence-corrected chi connectivity index (χ3v) is 6.92. The first-order chi connectivity index (χ1) is 14.2. The van der Waals surface area contributed by atoms with Crippen LogP contribution in [0.15, 0.2) is 50.5 Å². The zero-order valence-electron chi connectivity index (χ0n) is 17.6. The maximum Gasteiger partial charge on any atom is 0.246 e. The Kier molecular flexibility index (Phi) is 7.30. The maximum absolute atomic E-state index is 12.5. The minimum absolute atomic E-state index is 0.0883. The summed E-state index contributed by atoms with van der Waals surface area (Å²) in [6.07, 6.45) is -0.348. The summed E-state index contributed by atoms with van der Waals surface area (Å²) >= 11 is 1.70. The number of nitrogens with zero attached hydrogens (tertiary/aromatic N) is 2. The van der Waals surface area contributed by atoms with Gasteiger partial charge in [-0.2, -0.15) is 11.3 Å². The molecule has 0 aliphatic heterocycles. The van der Waals surface area contributed by atoms with Gasteiger partial charge < -0.3 is 9.26 Å². The van der Waals surface area contributed by atoms with E-state index < -0.39 is 10.0 Å². The summed E-state index contributed by atoms with van der Waals surface area (Å²) in [4.78, 5) is 2.33. The zero-order valence-corrected chi connectivity index (χ0v) is 19.2. The lowest BCUT2D eigenvalue weighted by molar-refractivity contribution is 0.224. The summed E-state index contributed by atoms with van der Waals surface area (Å²) < 4.78 is 38.5. The Morgan fingerprint density at radius 1 is 1.23 bits per heavy atom. The Hall–Kier alpha value is -2.20. The summed E-state index contributed by atoms with van der Waals surface area (Å²) in [6, 6.07) is 10.0. The molecule has 0 bridgehead atoms. The molecule has 3 aromatic rings. The molecule has 0 saturated heterocycles. The SMILES string of the molecule is Cc1noc(C)c1S(=O)(=O)NC[C@@H](C)Oc1cccc(CN(C)Cc2ccsc2)c1. The van der Waals surface area contributed by atoms with Gasteiger partial charge in [0.1, 0.15) is 22.4 Å². The topological polar surface area (TPSA) is 84.7 Å². The van der Waals surface area contributed by atoms with E-state index in [4.69, 9.17) is 9.26 Å². The molecule has 2 heterocycles. The van der Waals surface area contributed by atoms with Crippen molar-refractivity contribution in [2.75, 3.05) is 13.6 Å². The number of sulfonamides is 1. The van der Waals surface area contributed by atoms with Crippen LogP contribution in [-0.4, -0.2) is 38.2 Å². The second kappa shape index (κ2) is 9.74. The molecule has 1 atom stereocenters. The van der Waals surface area contributed by atoms with E-state index in [2.05, 4.69) is 44.7 Å². The van der Waals surface area contributed by atoms with Crippen LogP contribution in [0.3, 0.4) is 0 Å². The van der Waals surface area contributed by atoms with E-state index in [1.165, 1.54) is 5.56 Å². The van der Waals surface area contributed by atoms with Gasteiger partial charge in [0.25, 0.3) is 0 Å². The monoisotopic (exact) mass is 449 g/mol. The molecule has 9 heteroatoms. The lowest BCUT2D eigenvalue weighted by Gasteiger charge is -2.18. The van der Waals surface area contributed by atoms with Gasteiger partial charge in [0.15, 0.2) is 5.76 Å². The molecule has 2 aromatic heterocycles. The van der Waals surface area contributed by atoms with Crippen LogP contribution in [0.25, 0.3) is 0 Å². The lowest BCUT2D eigenvalue weighted by Crippen LogP contribution is -2.34. The van der Waals surface area contributed by atoms with E-state index in [-0.39, 0.29) is 23.3 Å². The Bertz CT molecular complexity index is 1040. The fraction of sp³-hybridized carbons (Fsp3) is 0.381. The quantitative estimate of drug-likeness (QED) is 0.508. The summed E-state index contributed by atoms with van der Waals surface area (Å²) in [5.41, 5.74) is 2.77. The highest BCUT2D eigenvalue weighted by Crippen LogP contribution is 2.20. The largest absolute Gasteiger partial charge is 0.489 e. The molecule has 1 aromatic carbocycles. The molecular formula is C21H27N3O4S2. The third kappa shape index (κ3) is 5.91. The second-order valence-electron chi connectivity index (χ2n) is 7.38. The Balaban J connectivity index is 1.55. The number of hydrogen-bond acceptors (Lipinski definition) is 7. The average molecular weight is 450 g/mol. The Labute approximate surface area is 181 Å². The number of nitrogens with one attached hydrogen (secondary N) is 1. The molecule has 30 heavy (non-hydrogen) atoms. The van der Waals surface area contributed by atoms with Gasteiger partial charge in [-0.3, -0.25) is 4.90 Å². The normalized spacial score (nSPS) is 13.0. The summed E-state index contributed by atoms with van der Waals surface area (Å²) in [5.74, 6) is 0.980. The van der Waals surface area contributed by atoms with Crippen LogP contribution in [0.2, 0.25) is 0 Å². The predicted octanol–water partition coefficient (Wildman–Crippen LogP) is 3.73. The Morgan fingerprint density at radius 2 is 2.00 bits per heavy atom. The van der Waals surface area contributed by atoms with Gasteiger partial charge in [0, 0.05) is 19.6 Å². The minimum Gasteiger partial charge on any atom is -0.489 e. The smallest absolute Gasteiger partial charge is 0.246 e. The highest BCUT2D eigenvalue weighted by atomic mass is 32.2. The van der Waals surface area contributed by atoms with Crippen molar-refractivity contribution in [3.05, 3.63) is 63.7 Å². The van der Waals surface area contributed by atoms with Crippen LogP contribution < -0.4 is 9.46 Å². The first-order valence-corrected chi connectivity index (χ1v) is 12.0. The molecule has 3 rings (SSSR count). The van der Waals surface area contributed by atoms with E-state index in [1.807, 2.05) is 25.1 Å². The molecule has 7 nitrogen and oxygen atoms in total. The summed E-state index contributed by atoms with van der Waals surface area (Å²) in [5, 5.41) is 7.94. The minimum atomic E-state index is -3.71. The molecule has 0 spiro atoms. The summed E-state index contributed by atoms with van der Waals surface area (Å²) in [6.45, 7) is 6.82. The fourth-order valence-corrected chi connectivity index (χ4v) is 5.31. The van der Waals surface area contributed by atoms with Crippen molar-refractivity contribution < 1.29 is 17.7 Å². The van der Waals surface area contributed by atoms with Crippen molar-refractivity contribution in [2.24, 2.45) is 0 Å². The molecule has 0 radical (unpaired) electrons. The number of ether oxygens (including phenoxy) is 1. The zero-order chi connectivity index (χ0) is 21.7. The van der Waals surface area contributed by atoms with Crippen molar-refractivity contribution in [3.8, 4) is 5.75 Å². The Morgan fingerprint density at radius 3 is 2.67 bits per heavy atom. The summed E-state index contributed by atoms with van der Waals surface area (Å²) in [7, 11) is -1.63. The standard InChI is InChI=1S/C21H27N3O4S2/c1-15(11-22-30(25,26)21-16(2)23-28-17(21)3)27-20-7-5-6-18(10-20)12-24(4)13-19-8-9-29-14-19/h5-10,14-15,22H,11-13H2,1-4H3/t15-/m1/s1. The van der Waals surface area contributed by atoms with E-state index >= 15 is 0 Å². The molecule has 0 saturated carbocycles. The lowest BCUT2D eigenvalue weighted by atomic mass is 10.2. The molecule has 1 N–H and O–H groups in total. The van der Waals surface area contributed by atoms with Crippen molar-refractivity contribution in [1.82, 2.24) is 14.8 Å². The number of aryl methyl sites for hydroxylation is 2. The number of rotatable bonds is 10. The van der Waals surface area contributed by atoms with Gasteiger partial charge in [-0.05, 0) is 67.9 Å². The van der Waals surface area contributed by atoms with Crippen LogP contribution in [0.4, 0.5) is 0 Å². The van der Waals surface area contributed by atoms with Gasteiger partial charge in [-0.15, -0.1) is 0 Å². The van der Waals surface area contributed by atoms with Crippen molar-refractivity contribution in [1.29, 1.82) is 0 Å². The fourth-order valence-electron chi connectivity index (χ4n) is 3.21. The number of hydrogen-bond donors (Lipinski definition) is 1. The molecule has 0 unspecified atom stereocenters. The third-order valence-electron chi connectivity index (χ3n) is 4.52. The van der Waals surface area contributed by atoms with E-state index in [0.717, 1.165) is 18.7 Å². The first kappa shape index (κ1) is 22.5. The molecule has 0 amide bonds. The second-order valence-corrected chi connectivity index (χ2v) is 9.87. The molecule has 0 fully saturated rings. The predicted molar refractivity (Wildman–Crippen MR) is 117 cm³/mol. The van der Waals surface area contributed by atoms with E-state index in [0.29, 0.717) is 11.4 Å². The molecular weight excluding hydrogens is 422 g/mol. The first-order valence-electron chi connectivity index (χ1n) is 9.62. The number of thiophene rings is 1. The van der Waals surface area contributed by atoms with Crippen LogP contribution in [0.1, 0.15) is 29.5 Å². The van der Waals surface area contributed by atoms with E-state index in [1.54, 1.807) is 25.2 Å². The van der Waals surface area contributed by atoms with E-state index in [9.17, 15) is 8.42 Å². The highest BCUT2D eigenvalue weighted by Gasteiger charge is 2.24. The number of benzene rings is 1. The van der Waals surface area contributed by atoms with Gasteiger partial charge in [0.2, 0.25) is 10.0 Å². The van der Waals surface area contributed by atoms with Crippen molar-refractivity contribution in [3.63, 3.8) is 0 Å². The van der Waals surface area contributed by atoms with Crippen LogP contribution in [-0.2, 0) is 23.1 Å². The van der Waals surface area contributed by atoms with Crippen LogP contribution in [0.5, 0.6) is 5.75 Å². The molecule has 0 aliphatic carbocycles. The molecule has 162 valence electrons. The van der Waals surface area contributed by atoms with Gasteiger partial charge in [0.05, 0.1) is 0 Å². The highest BCUT2D eigenvalue weighted by molar-refractivity contribution is 7.89. The van der Waals surface area contributed by atoms with Crippen LogP contribution in [0, 0.1) is 13.8 Å². The number of aromatic nitrogens is 1. The maximum atomic E-state index is 12.5. The van der Waals surface area contributed by atoms with Gasteiger partial charge >= 0.3 is 0 Å². The van der Waals surface area contributed by atoms with Gasteiger partial charge in [-0.25, -0.2) is 13.1 Å². The van der Waals surface area contributed by atoms with Crippen molar-refractivity contribution >= 4 is 21.4 Å².